The molecule has 1 heterocycles. The maximum atomic E-state index is 8.74. The summed E-state index contributed by atoms with van der Waals surface area (Å²) in [5.41, 5.74) is 0.959. The van der Waals surface area contributed by atoms with E-state index in [2.05, 4.69) is 34.4 Å². The molecule has 110 valence electrons. The molecule has 0 aliphatic rings. The highest BCUT2D eigenvalue weighted by Gasteiger charge is 2.01. The highest BCUT2D eigenvalue weighted by molar-refractivity contribution is 4.91. The van der Waals surface area contributed by atoms with Gasteiger partial charge in [-0.25, -0.2) is 0 Å². The Hall–Kier alpha value is -0.980. The van der Waals surface area contributed by atoms with Crippen LogP contribution in [-0.4, -0.2) is 57.8 Å². The Bertz CT molecular complexity index is 325. The second-order valence-electron chi connectivity index (χ2n) is 4.61. The highest BCUT2D eigenvalue weighted by atomic mass is 16.3. The third-order valence-corrected chi connectivity index (χ3v) is 3.16. The van der Waals surface area contributed by atoms with Gasteiger partial charge in [0.2, 0.25) is 0 Å². The van der Waals surface area contributed by atoms with E-state index in [0.29, 0.717) is 0 Å². The molecule has 0 spiro atoms. The van der Waals surface area contributed by atoms with Gasteiger partial charge in [-0.15, -0.1) is 5.10 Å². The molecule has 1 rings (SSSR count). The van der Waals surface area contributed by atoms with Gasteiger partial charge in [-0.05, 0) is 39.0 Å². The van der Waals surface area contributed by atoms with Crippen molar-refractivity contribution in [3.8, 4) is 0 Å². The van der Waals surface area contributed by atoms with Gasteiger partial charge in [-0.3, -0.25) is 4.68 Å². The average Bonchev–Trinajstić information content (AvgIpc) is 2.88. The summed E-state index contributed by atoms with van der Waals surface area (Å²) >= 11 is 0. The van der Waals surface area contributed by atoms with E-state index in [1.54, 1.807) is 4.68 Å². The maximum absolute atomic E-state index is 8.74. The predicted molar refractivity (Wildman–Crippen MR) is 75.8 cm³/mol. The summed E-state index contributed by atoms with van der Waals surface area (Å²) in [5, 5.41) is 20.2. The van der Waals surface area contributed by atoms with E-state index < -0.39 is 0 Å². The number of nitrogens with one attached hydrogen (secondary N) is 1. The molecule has 0 fully saturated rings. The van der Waals surface area contributed by atoms with E-state index in [1.807, 2.05) is 6.20 Å². The van der Waals surface area contributed by atoms with Crippen LogP contribution in [0, 0.1) is 0 Å². The van der Waals surface area contributed by atoms with Crippen molar-refractivity contribution >= 4 is 0 Å². The normalized spacial score (nSPS) is 11.4. The summed E-state index contributed by atoms with van der Waals surface area (Å²) in [5.74, 6) is 0. The van der Waals surface area contributed by atoms with Crippen LogP contribution in [0.5, 0.6) is 0 Å². The first kappa shape index (κ1) is 16.1. The highest BCUT2D eigenvalue weighted by Crippen LogP contribution is 1.95. The summed E-state index contributed by atoms with van der Waals surface area (Å²) in [6.07, 6.45) is 3.81. The van der Waals surface area contributed by atoms with Crippen LogP contribution in [0.15, 0.2) is 6.20 Å². The maximum Gasteiger partial charge on any atom is 0.0964 e. The fraction of sp³-hybridized carbons (Fsp3) is 0.846. The van der Waals surface area contributed by atoms with E-state index in [9.17, 15) is 0 Å². The van der Waals surface area contributed by atoms with Crippen molar-refractivity contribution in [2.75, 3.05) is 32.8 Å². The van der Waals surface area contributed by atoms with Gasteiger partial charge < -0.3 is 15.3 Å². The number of aliphatic hydroxyl groups is 1. The Kier molecular flexibility index (Phi) is 8.36. The minimum Gasteiger partial charge on any atom is -0.396 e. The lowest BCUT2D eigenvalue weighted by atomic mass is 10.3. The molecule has 2 N–H and O–H groups in total. The van der Waals surface area contributed by atoms with Gasteiger partial charge in [0.1, 0.15) is 0 Å². The fourth-order valence-electron chi connectivity index (χ4n) is 1.95. The van der Waals surface area contributed by atoms with Crippen molar-refractivity contribution in [3.05, 3.63) is 11.9 Å². The first-order chi connectivity index (χ1) is 9.30. The molecule has 6 nitrogen and oxygen atoms in total. The lowest BCUT2D eigenvalue weighted by molar-refractivity contribution is 0.276. The van der Waals surface area contributed by atoms with Crippen LogP contribution in [0.4, 0.5) is 0 Å². The van der Waals surface area contributed by atoms with Crippen molar-refractivity contribution in [2.45, 2.75) is 39.8 Å². The van der Waals surface area contributed by atoms with Crippen molar-refractivity contribution < 1.29 is 5.11 Å². The van der Waals surface area contributed by atoms with Crippen LogP contribution in [0.25, 0.3) is 0 Å². The standard InChI is InChI=1S/C13H27N5O/c1-3-17(4-2)8-5-7-14-11-13-12-18(16-15-13)9-6-10-19/h12,14,19H,3-11H2,1-2H3. The minimum absolute atomic E-state index is 0.193. The number of aryl methyl sites for hydroxylation is 1. The minimum atomic E-state index is 0.193. The molecule has 0 radical (unpaired) electrons. The van der Waals surface area contributed by atoms with Gasteiger partial charge in [0.05, 0.1) is 5.69 Å². The summed E-state index contributed by atoms with van der Waals surface area (Å²) in [6.45, 7) is 10.5. The molecular weight excluding hydrogens is 242 g/mol. The largest absolute Gasteiger partial charge is 0.396 e. The second-order valence-corrected chi connectivity index (χ2v) is 4.61. The number of hydrogen-bond donors (Lipinski definition) is 2. The van der Waals surface area contributed by atoms with Gasteiger partial charge in [0, 0.05) is 25.9 Å². The van der Waals surface area contributed by atoms with Crippen molar-refractivity contribution in [1.29, 1.82) is 0 Å². The number of hydrogen-bond acceptors (Lipinski definition) is 5. The molecule has 0 amide bonds. The first-order valence-electron chi connectivity index (χ1n) is 7.23. The molecule has 19 heavy (non-hydrogen) atoms. The molecule has 0 atom stereocenters. The van der Waals surface area contributed by atoms with E-state index in [0.717, 1.165) is 57.8 Å². The molecule has 0 aromatic carbocycles. The molecule has 0 aliphatic carbocycles. The smallest absolute Gasteiger partial charge is 0.0964 e. The van der Waals surface area contributed by atoms with Gasteiger partial charge in [0.15, 0.2) is 0 Å². The van der Waals surface area contributed by atoms with E-state index >= 15 is 0 Å². The monoisotopic (exact) mass is 269 g/mol. The third-order valence-electron chi connectivity index (χ3n) is 3.16. The van der Waals surface area contributed by atoms with Gasteiger partial charge in [-0.1, -0.05) is 19.1 Å². The molecular formula is C13H27N5O. The van der Waals surface area contributed by atoms with Crippen LogP contribution in [-0.2, 0) is 13.1 Å². The van der Waals surface area contributed by atoms with Gasteiger partial charge >= 0.3 is 0 Å². The Morgan fingerprint density at radius 2 is 2.11 bits per heavy atom. The molecule has 6 heteroatoms. The summed E-state index contributed by atoms with van der Waals surface area (Å²) in [4.78, 5) is 2.42. The Balaban J connectivity index is 2.10. The van der Waals surface area contributed by atoms with E-state index in [-0.39, 0.29) is 6.61 Å². The Morgan fingerprint density at radius 1 is 1.32 bits per heavy atom. The zero-order valence-corrected chi connectivity index (χ0v) is 12.2. The van der Waals surface area contributed by atoms with Crippen molar-refractivity contribution in [3.63, 3.8) is 0 Å². The second kappa shape index (κ2) is 9.89. The summed E-state index contributed by atoms with van der Waals surface area (Å²) in [7, 11) is 0. The first-order valence-corrected chi connectivity index (χ1v) is 7.23. The number of nitrogens with zero attached hydrogens (tertiary/aromatic N) is 4. The Morgan fingerprint density at radius 3 is 2.79 bits per heavy atom. The topological polar surface area (TPSA) is 66.2 Å². The SMILES string of the molecule is CCN(CC)CCCNCc1cn(CCCO)nn1. The number of aliphatic hydroxyl groups excluding tert-OH is 1. The van der Waals surface area contributed by atoms with Crippen LogP contribution in [0.2, 0.25) is 0 Å². The molecule has 0 saturated heterocycles. The fourth-order valence-corrected chi connectivity index (χ4v) is 1.95. The zero-order valence-electron chi connectivity index (χ0n) is 12.2. The van der Waals surface area contributed by atoms with E-state index in [1.165, 1.54) is 0 Å². The zero-order chi connectivity index (χ0) is 13.9. The van der Waals surface area contributed by atoms with Crippen LogP contribution in [0.3, 0.4) is 0 Å². The van der Waals surface area contributed by atoms with E-state index in [4.69, 9.17) is 5.11 Å². The molecule has 0 bridgehead atoms. The molecule has 0 unspecified atom stereocenters. The van der Waals surface area contributed by atoms with Crippen LogP contribution >= 0.6 is 0 Å². The van der Waals surface area contributed by atoms with Gasteiger partial charge in [-0.2, -0.15) is 0 Å². The van der Waals surface area contributed by atoms with Crippen LogP contribution in [0.1, 0.15) is 32.4 Å². The predicted octanol–water partition coefficient (Wildman–Crippen LogP) is 0.482. The third kappa shape index (κ3) is 6.66. The lowest BCUT2D eigenvalue weighted by Gasteiger charge is -2.17. The van der Waals surface area contributed by atoms with Crippen molar-refractivity contribution in [1.82, 2.24) is 25.2 Å². The summed E-state index contributed by atoms with van der Waals surface area (Å²) in [6, 6.07) is 0. The molecule has 1 aromatic heterocycles. The Labute approximate surface area is 115 Å². The number of rotatable bonds is 11. The molecule has 1 aromatic rings. The van der Waals surface area contributed by atoms with Crippen LogP contribution < -0.4 is 5.32 Å². The van der Waals surface area contributed by atoms with Gasteiger partial charge in [0.25, 0.3) is 0 Å². The summed E-state index contributed by atoms with van der Waals surface area (Å²) < 4.78 is 1.78. The molecule has 0 aliphatic heterocycles. The lowest BCUT2D eigenvalue weighted by Crippen LogP contribution is -2.27. The number of aromatic nitrogens is 3. The average molecular weight is 269 g/mol. The van der Waals surface area contributed by atoms with Crippen molar-refractivity contribution in [2.24, 2.45) is 0 Å². The quantitative estimate of drug-likeness (QED) is 0.572. The molecule has 0 saturated carbocycles.